The first kappa shape index (κ1) is 12.3. The van der Waals surface area contributed by atoms with E-state index in [4.69, 9.17) is 0 Å². The van der Waals surface area contributed by atoms with Crippen molar-refractivity contribution in [3.05, 3.63) is 65.2 Å². The van der Waals surface area contributed by atoms with Crippen LogP contribution in [0.3, 0.4) is 0 Å². The first-order chi connectivity index (χ1) is 8.78. The molecule has 2 aromatic rings. The molecule has 0 aliphatic carbocycles. The molecule has 0 aromatic heterocycles. The van der Waals surface area contributed by atoms with Crippen molar-refractivity contribution in [1.82, 2.24) is 0 Å². The molecule has 0 heterocycles. The number of aliphatic imine (C=N–C) groups is 2. The zero-order valence-corrected chi connectivity index (χ0v) is 10.7. The molecule has 0 saturated heterocycles. The number of aryl methyl sites for hydroxylation is 1. The van der Waals surface area contributed by atoms with Gasteiger partial charge in [-0.25, -0.2) is 4.99 Å². The van der Waals surface area contributed by atoms with Gasteiger partial charge in [-0.15, -0.1) is 0 Å². The van der Waals surface area contributed by atoms with E-state index in [-0.39, 0.29) is 0 Å². The lowest BCUT2D eigenvalue weighted by Crippen LogP contribution is -1.87. The minimum atomic E-state index is 0.883. The Bertz CT molecular complexity index is 559. The molecule has 0 N–H and O–H groups in total. The molecular weight excluding hydrogens is 220 g/mol. The molecular formula is C16H16N2. The van der Waals surface area contributed by atoms with E-state index in [0.717, 1.165) is 12.1 Å². The zero-order chi connectivity index (χ0) is 12.8. The lowest BCUT2D eigenvalue weighted by Gasteiger charge is -2.02. The molecule has 90 valence electrons. The third kappa shape index (κ3) is 3.41. The molecule has 2 heteroatoms. The number of nitrogens with zero attached hydrogens (tertiary/aromatic N) is 2. The van der Waals surface area contributed by atoms with E-state index < -0.39 is 0 Å². The second-order valence-corrected chi connectivity index (χ2v) is 4.26. The topological polar surface area (TPSA) is 24.7 Å². The van der Waals surface area contributed by atoms with Crippen LogP contribution in [0.2, 0.25) is 0 Å². The van der Waals surface area contributed by atoms with Crippen molar-refractivity contribution in [1.29, 1.82) is 0 Å². The monoisotopic (exact) mass is 236 g/mol. The van der Waals surface area contributed by atoms with Crippen molar-refractivity contribution in [2.24, 2.45) is 9.98 Å². The third-order valence-electron chi connectivity index (χ3n) is 2.74. The van der Waals surface area contributed by atoms with Gasteiger partial charge in [0.05, 0.1) is 11.7 Å². The summed E-state index contributed by atoms with van der Waals surface area (Å²) in [6.45, 7) is 2.10. The predicted octanol–water partition coefficient (Wildman–Crippen LogP) is 4.02. The Hall–Kier alpha value is -2.18. The molecule has 0 amide bonds. The Morgan fingerprint density at radius 1 is 0.889 bits per heavy atom. The van der Waals surface area contributed by atoms with Crippen molar-refractivity contribution in [3.63, 3.8) is 0 Å². The van der Waals surface area contributed by atoms with Crippen LogP contribution in [0.1, 0.15) is 16.7 Å². The number of hydrogen-bond acceptors (Lipinski definition) is 2. The maximum Gasteiger partial charge on any atom is 0.0946 e. The fourth-order valence-corrected chi connectivity index (χ4v) is 1.74. The lowest BCUT2D eigenvalue weighted by molar-refractivity contribution is 1.18. The van der Waals surface area contributed by atoms with E-state index in [9.17, 15) is 0 Å². The molecule has 0 spiro atoms. The summed E-state index contributed by atoms with van der Waals surface area (Å²) in [5, 5.41) is 0. The van der Waals surface area contributed by atoms with Gasteiger partial charge in [0.2, 0.25) is 0 Å². The second kappa shape index (κ2) is 5.95. The standard InChI is InChI=1S/C16H16N2/c1-13-3-5-14(6-4-13)11-15-7-9-16(10-8-15)18-12-17-2/h3-10H,11H2,1-2H3. The van der Waals surface area contributed by atoms with Crippen molar-refractivity contribution in [3.8, 4) is 0 Å². The van der Waals surface area contributed by atoms with E-state index in [1.807, 2.05) is 12.1 Å². The van der Waals surface area contributed by atoms with Crippen LogP contribution < -0.4 is 0 Å². The van der Waals surface area contributed by atoms with Gasteiger partial charge in [0.1, 0.15) is 0 Å². The van der Waals surface area contributed by atoms with Crippen molar-refractivity contribution < 1.29 is 0 Å². The maximum atomic E-state index is 4.07. The van der Waals surface area contributed by atoms with Crippen LogP contribution in [0.15, 0.2) is 58.5 Å². The molecule has 0 bridgehead atoms. The van der Waals surface area contributed by atoms with Crippen molar-refractivity contribution >= 4 is 11.7 Å². The molecule has 2 rings (SSSR count). The molecule has 0 unspecified atom stereocenters. The van der Waals surface area contributed by atoms with E-state index in [2.05, 4.69) is 59.3 Å². The second-order valence-electron chi connectivity index (χ2n) is 4.26. The van der Waals surface area contributed by atoms with Crippen LogP contribution in [0, 0.1) is 6.92 Å². The largest absolute Gasteiger partial charge is 0.229 e. The summed E-state index contributed by atoms with van der Waals surface area (Å²) >= 11 is 0. The molecule has 18 heavy (non-hydrogen) atoms. The highest BCUT2D eigenvalue weighted by molar-refractivity contribution is 5.52. The molecule has 0 aliphatic heterocycles. The smallest absolute Gasteiger partial charge is 0.0946 e. The fourth-order valence-electron chi connectivity index (χ4n) is 1.74. The number of benzene rings is 2. The van der Waals surface area contributed by atoms with Gasteiger partial charge in [-0.3, -0.25) is 0 Å². The van der Waals surface area contributed by atoms with Crippen molar-refractivity contribution in [2.75, 3.05) is 7.05 Å². The van der Waals surface area contributed by atoms with Gasteiger partial charge in [0.15, 0.2) is 0 Å². The van der Waals surface area contributed by atoms with Crippen LogP contribution in [0.25, 0.3) is 0 Å². The first-order valence-electron chi connectivity index (χ1n) is 5.97. The minimum absolute atomic E-state index is 0.883. The van der Waals surface area contributed by atoms with E-state index in [1.165, 1.54) is 16.7 Å². The van der Waals surface area contributed by atoms with Gasteiger partial charge in [0.25, 0.3) is 0 Å². The molecule has 0 radical (unpaired) electrons. The van der Waals surface area contributed by atoms with Crippen LogP contribution in [-0.4, -0.2) is 13.1 Å². The van der Waals surface area contributed by atoms with E-state index in [0.29, 0.717) is 0 Å². The number of rotatable bonds is 3. The highest BCUT2D eigenvalue weighted by Gasteiger charge is 1.96. The Labute approximate surface area is 108 Å². The SMILES string of the molecule is CN=C=Nc1ccc(Cc2ccc(C)cc2)cc1. The summed E-state index contributed by atoms with van der Waals surface area (Å²) in [5.74, 6) is 0. The fraction of sp³-hybridized carbons (Fsp3) is 0.188. The van der Waals surface area contributed by atoms with Gasteiger partial charge >= 0.3 is 0 Å². The van der Waals surface area contributed by atoms with Crippen LogP contribution in [0.5, 0.6) is 0 Å². The quantitative estimate of drug-likeness (QED) is 0.719. The molecule has 0 atom stereocenters. The Balaban J connectivity index is 2.10. The summed E-state index contributed by atoms with van der Waals surface area (Å²) in [5.41, 5.74) is 4.79. The minimum Gasteiger partial charge on any atom is -0.229 e. The predicted molar refractivity (Wildman–Crippen MR) is 75.9 cm³/mol. The van der Waals surface area contributed by atoms with Crippen LogP contribution >= 0.6 is 0 Å². The normalized spacial score (nSPS) is 9.67. The highest BCUT2D eigenvalue weighted by Crippen LogP contribution is 2.15. The molecule has 0 aliphatic rings. The van der Waals surface area contributed by atoms with Gasteiger partial charge in [-0.1, -0.05) is 42.0 Å². The lowest BCUT2D eigenvalue weighted by atomic mass is 10.0. The molecule has 2 nitrogen and oxygen atoms in total. The zero-order valence-electron chi connectivity index (χ0n) is 10.7. The van der Waals surface area contributed by atoms with Crippen LogP contribution in [-0.2, 0) is 6.42 Å². The summed E-state index contributed by atoms with van der Waals surface area (Å²) in [6, 6.07) is 19.4. The summed E-state index contributed by atoms with van der Waals surface area (Å²) in [7, 11) is 1.66. The molecule has 0 saturated carbocycles. The number of hydrogen-bond donors (Lipinski definition) is 0. The maximum absolute atomic E-state index is 4.07. The van der Waals surface area contributed by atoms with E-state index >= 15 is 0 Å². The summed E-state index contributed by atoms with van der Waals surface area (Å²) in [6.07, 6.45) is 0.951. The summed E-state index contributed by atoms with van der Waals surface area (Å²) in [4.78, 5) is 7.78. The average molecular weight is 236 g/mol. The van der Waals surface area contributed by atoms with Gasteiger partial charge < -0.3 is 0 Å². The Morgan fingerprint density at radius 3 is 2.00 bits per heavy atom. The van der Waals surface area contributed by atoms with E-state index in [1.54, 1.807) is 7.05 Å². The summed E-state index contributed by atoms with van der Waals surface area (Å²) < 4.78 is 0. The van der Waals surface area contributed by atoms with Gasteiger partial charge in [-0.2, -0.15) is 4.99 Å². The first-order valence-corrected chi connectivity index (χ1v) is 5.97. The molecule has 2 aromatic carbocycles. The third-order valence-corrected chi connectivity index (χ3v) is 2.74. The van der Waals surface area contributed by atoms with Crippen molar-refractivity contribution in [2.45, 2.75) is 13.3 Å². The van der Waals surface area contributed by atoms with Gasteiger partial charge in [0, 0.05) is 7.05 Å². The Kier molecular flexibility index (Phi) is 4.06. The Morgan fingerprint density at radius 2 is 1.44 bits per heavy atom. The highest BCUT2D eigenvalue weighted by atomic mass is 14.8. The molecule has 0 fully saturated rings. The average Bonchev–Trinajstić information content (AvgIpc) is 2.41. The van der Waals surface area contributed by atoms with Gasteiger partial charge in [-0.05, 0) is 36.6 Å². The van der Waals surface area contributed by atoms with Crippen LogP contribution in [0.4, 0.5) is 5.69 Å².